The third-order valence-electron chi connectivity index (χ3n) is 4.74. The second-order valence-corrected chi connectivity index (χ2v) is 8.69. The molecular formula is C22H29N3O4S. The molecule has 1 aliphatic rings. The summed E-state index contributed by atoms with van der Waals surface area (Å²) in [7, 11) is -1.28. The highest BCUT2D eigenvalue weighted by molar-refractivity contribution is 7.84. The minimum absolute atomic E-state index is 0.0429. The summed E-state index contributed by atoms with van der Waals surface area (Å²) < 4.78 is 22.7. The Labute approximate surface area is 180 Å². The number of furan rings is 1. The fourth-order valence-electron chi connectivity index (χ4n) is 3.26. The highest BCUT2D eigenvalue weighted by Crippen LogP contribution is 2.15. The van der Waals surface area contributed by atoms with Crippen molar-refractivity contribution in [1.29, 1.82) is 0 Å². The zero-order valence-corrected chi connectivity index (χ0v) is 17.9. The molecule has 1 atom stereocenters. The van der Waals surface area contributed by atoms with Crippen LogP contribution in [0.3, 0.4) is 0 Å². The van der Waals surface area contributed by atoms with Gasteiger partial charge >= 0.3 is 0 Å². The van der Waals surface area contributed by atoms with E-state index < -0.39 is 10.8 Å². The van der Waals surface area contributed by atoms with Gasteiger partial charge in [0.15, 0.2) is 0 Å². The minimum Gasteiger partial charge on any atom is -0.473 e. The van der Waals surface area contributed by atoms with Gasteiger partial charge in [-0.25, -0.2) is 4.98 Å². The Morgan fingerprint density at radius 3 is 2.93 bits per heavy atom. The molecule has 7 nitrogen and oxygen atoms in total. The minimum atomic E-state index is -1.28. The summed E-state index contributed by atoms with van der Waals surface area (Å²) in [5.41, 5.74) is 1.21. The first-order valence-corrected chi connectivity index (χ1v) is 11.8. The molecule has 1 fully saturated rings. The summed E-state index contributed by atoms with van der Waals surface area (Å²) in [6, 6.07) is 7.50. The monoisotopic (exact) mass is 431 g/mol. The average Bonchev–Trinajstić information content (AvgIpc) is 3.24. The molecule has 8 heteroatoms. The maximum absolute atomic E-state index is 11.9. The van der Waals surface area contributed by atoms with E-state index in [1.165, 1.54) is 31.1 Å². The Balaban J connectivity index is 1.30. The lowest BCUT2D eigenvalue weighted by atomic mass is 10.1. The average molecular weight is 432 g/mol. The van der Waals surface area contributed by atoms with Crippen molar-refractivity contribution in [3.05, 3.63) is 60.2 Å². The van der Waals surface area contributed by atoms with Crippen molar-refractivity contribution in [2.24, 2.45) is 0 Å². The molecule has 1 saturated heterocycles. The molecular weight excluding hydrogens is 402 g/mol. The van der Waals surface area contributed by atoms with E-state index >= 15 is 0 Å². The van der Waals surface area contributed by atoms with Crippen LogP contribution in [0.15, 0.2) is 53.3 Å². The van der Waals surface area contributed by atoms with E-state index in [4.69, 9.17) is 9.15 Å². The van der Waals surface area contributed by atoms with Gasteiger partial charge in [0.2, 0.25) is 11.8 Å². The van der Waals surface area contributed by atoms with E-state index in [1.54, 1.807) is 18.3 Å². The van der Waals surface area contributed by atoms with Crippen LogP contribution >= 0.6 is 0 Å². The largest absolute Gasteiger partial charge is 0.473 e. The number of nitrogens with zero attached hydrogens (tertiary/aromatic N) is 2. The SMILES string of the molecule is O=C(C[S@@](=O)Cc1ccco1)NC/C=C\COc1cc(CN2CCCCC2)ccn1. The summed E-state index contributed by atoms with van der Waals surface area (Å²) in [6.45, 7) is 3.98. The molecule has 0 aliphatic carbocycles. The molecule has 162 valence electrons. The summed E-state index contributed by atoms with van der Waals surface area (Å²) in [6.07, 6.45) is 10.8. The van der Waals surface area contributed by atoms with Crippen LogP contribution in [0, 0.1) is 0 Å². The predicted molar refractivity (Wildman–Crippen MR) is 116 cm³/mol. The van der Waals surface area contributed by atoms with Gasteiger partial charge in [0, 0.05) is 36.2 Å². The van der Waals surface area contributed by atoms with Gasteiger partial charge in [-0.2, -0.15) is 0 Å². The number of hydrogen-bond acceptors (Lipinski definition) is 6. The van der Waals surface area contributed by atoms with Gasteiger partial charge in [-0.15, -0.1) is 0 Å². The lowest BCUT2D eigenvalue weighted by molar-refractivity contribution is -0.118. The number of amides is 1. The first-order chi connectivity index (χ1) is 14.7. The second-order valence-electron chi connectivity index (χ2n) is 7.23. The van der Waals surface area contributed by atoms with Crippen LogP contribution in [0.25, 0.3) is 0 Å². The van der Waals surface area contributed by atoms with E-state index in [0.29, 0.717) is 24.8 Å². The number of hydrogen-bond donors (Lipinski definition) is 1. The summed E-state index contributed by atoms with van der Waals surface area (Å²) in [4.78, 5) is 18.5. The number of nitrogens with one attached hydrogen (secondary N) is 1. The second kappa shape index (κ2) is 12.3. The fraction of sp³-hybridized carbons (Fsp3) is 0.455. The highest BCUT2D eigenvalue weighted by Gasteiger charge is 2.11. The zero-order chi connectivity index (χ0) is 21.0. The van der Waals surface area contributed by atoms with Crippen molar-refractivity contribution in [2.45, 2.75) is 31.6 Å². The Morgan fingerprint density at radius 1 is 1.27 bits per heavy atom. The molecule has 1 aliphatic heterocycles. The molecule has 3 rings (SSSR count). The van der Waals surface area contributed by atoms with Crippen molar-refractivity contribution in [2.75, 3.05) is 32.0 Å². The van der Waals surface area contributed by atoms with Crippen LogP contribution in [-0.4, -0.2) is 52.0 Å². The topological polar surface area (TPSA) is 84.7 Å². The molecule has 1 N–H and O–H groups in total. The smallest absolute Gasteiger partial charge is 0.232 e. The molecule has 0 radical (unpaired) electrons. The highest BCUT2D eigenvalue weighted by atomic mass is 32.2. The van der Waals surface area contributed by atoms with Crippen LogP contribution < -0.4 is 10.1 Å². The number of piperidine rings is 1. The Hall–Kier alpha value is -2.45. The van der Waals surface area contributed by atoms with Crippen molar-refractivity contribution in [3.63, 3.8) is 0 Å². The number of likely N-dealkylation sites (tertiary alicyclic amines) is 1. The predicted octanol–water partition coefficient (Wildman–Crippen LogP) is 2.66. The van der Waals surface area contributed by atoms with Crippen LogP contribution in [0.5, 0.6) is 5.88 Å². The molecule has 30 heavy (non-hydrogen) atoms. The number of carbonyl (C=O) groups is 1. The van der Waals surface area contributed by atoms with Crippen LogP contribution in [0.1, 0.15) is 30.6 Å². The van der Waals surface area contributed by atoms with Crippen LogP contribution in [-0.2, 0) is 27.9 Å². The molecule has 1 amide bonds. The van der Waals surface area contributed by atoms with Gasteiger partial charge in [-0.05, 0) is 55.8 Å². The Kier molecular flexibility index (Phi) is 9.11. The molecule has 2 aromatic rings. The third kappa shape index (κ3) is 8.12. The number of carbonyl (C=O) groups excluding carboxylic acids is 1. The maximum Gasteiger partial charge on any atom is 0.232 e. The lowest BCUT2D eigenvalue weighted by Gasteiger charge is -2.26. The quantitative estimate of drug-likeness (QED) is 0.551. The van der Waals surface area contributed by atoms with Crippen LogP contribution in [0.4, 0.5) is 0 Å². The van der Waals surface area contributed by atoms with Crippen LogP contribution in [0.2, 0.25) is 0 Å². The standard InChI is InChI=1S/C22H29N3O4S/c26-21(18-30(27)17-20-7-6-14-28-20)23-9-2-5-13-29-22-15-19(8-10-24-22)16-25-11-3-1-4-12-25/h2,5-8,10,14-15H,1,3-4,9,11-13,16-18H2,(H,23,26)/b5-2-/t30-/m0/s1. The number of rotatable bonds is 11. The molecule has 0 spiro atoms. The summed E-state index contributed by atoms with van der Waals surface area (Å²) in [5.74, 6) is 1.17. The lowest BCUT2D eigenvalue weighted by Crippen LogP contribution is -2.29. The van der Waals surface area contributed by atoms with Gasteiger partial charge in [0.05, 0.1) is 12.0 Å². The molecule has 0 aromatic carbocycles. The van der Waals surface area contributed by atoms with Crippen molar-refractivity contribution >= 4 is 16.7 Å². The van der Waals surface area contributed by atoms with E-state index in [-0.39, 0.29) is 17.4 Å². The first kappa shape index (κ1) is 22.2. The molecule has 3 heterocycles. The Morgan fingerprint density at radius 2 is 2.13 bits per heavy atom. The van der Waals surface area contributed by atoms with Crippen molar-refractivity contribution in [1.82, 2.24) is 15.2 Å². The normalized spacial score (nSPS) is 15.9. The van der Waals surface area contributed by atoms with Gasteiger partial charge in [-0.3, -0.25) is 13.9 Å². The Bertz CT molecular complexity index is 833. The molecule has 2 aromatic heterocycles. The number of pyridine rings is 1. The summed E-state index contributed by atoms with van der Waals surface area (Å²) >= 11 is 0. The fourth-order valence-corrected chi connectivity index (χ4v) is 4.24. The first-order valence-electron chi connectivity index (χ1n) is 10.3. The molecule has 0 unspecified atom stereocenters. The van der Waals surface area contributed by atoms with E-state index in [2.05, 4.69) is 15.2 Å². The molecule has 0 saturated carbocycles. The van der Waals surface area contributed by atoms with E-state index in [1.807, 2.05) is 24.3 Å². The number of aromatic nitrogens is 1. The van der Waals surface area contributed by atoms with E-state index in [0.717, 1.165) is 19.6 Å². The zero-order valence-electron chi connectivity index (χ0n) is 17.1. The van der Waals surface area contributed by atoms with Gasteiger partial charge in [-0.1, -0.05) is 12.5 Å². The van der Waals surface area contributed by atoms with Crippen molar-refractivity contribution < 1.29 is 18.2 Å². The maximum atomic E-state index is 11.9. The molecule has 0 bridgehead atoms. The third-order valence-corrected chi connectivity index (χ3v) is 5.93. The van der Waals surface area contributed by atoms with Gasteiger partial charge in [0.25, 0.3) is 0 Å². The van der Waals surface area contributed by atoms with Gasteiger partial charge < -0.3 is 14.5 Å². The van der Waals surface area contributed by atoms with Crippen molar-refractivity contribution in [3.8, 4) is 5.88 Å². The van der Waals surface area contributed by atoms with Gasteiger partial charge in [0.1, 0.15) is 18.1 Å². The summed E-state index contributed by atoms with van der Waals surface area (Å²) in [5, 5.41) is 2.72. The van der Waals surface area contributed by atoms with E-state index in [9.17, 15) is 9.00 Å². The number of ether oxygens (including phenoxy) is 1.